The third kappa shape index (κ3) is 4.13. The lowest BCUT2D eigenvalue weighted by Gasteiger charge is -2.26. The fourth-order valence-corrected chi connectivity index (χ4v) is 6.02. The summed E-state index contributed by atoms with van der Waals surface area (Å²) in [5.74, 6) is 0. The van der Waals surface area contributed by atoms with Crippen molar-refractivity contribution in [2.45, 2.75) is 0 Å². The van der Waals surface area contributed by atoms with Crippen molar-refractivity contribution in [1.82, 2.24) is 0 Å². The van der Waals surface area contributed by atoms with Crippen LogP contribution in [-0.2, 0) is 0 Å². The molecule has 0 unspecified atom stereocenters. The van der Waals surface area contributed by atoms with Gasteiger partial charge in [0.15, 0.2) is 5.58 Å². The van der Waals surface area contributed by atoms with Crippen LogP contribution in [0.25, 0.3) is 55.0 Å². The molecule has 0 radical (unpaired) electrons. The maximum absolute atomic E-state index is 6.81. The zero-order valence-electron chi connectivity index (χ0n) is 22.9. The monoisotopic (exact) mass is 537 g/mol. The minimum Gasteiger partial charge on any atom is -0.453 e. The zero-order chi connectivity index (χ0) is 27.9. The normalized spacial score (nSPS) is 11.3. The summed E-state index contributed by atoms with van der Waals surface area (Å²) in [7, 11) is 0. The Morgan fingerprint density at radius 2 is 0.881 bits per heavy atom. The number of anilines is 3. The van der Waals surface area contributed by atoms with Crippen LogP contribution in [0.4, 0.5) is 17.1 Å². The van der Waals surface area contributed by atoms with Crippen LogP contribution in [0.3, 0.4) is 0 Å². The average Bonchev–Trinajstić information content (AvgIpc) is 3.46. The molecule has 0 bridgehead atoms. The largest absolute Gasteiger partial charge is 0.453 e. The quantitative estimate of drug-likeness (QED) is 0.217. The predicted molar refractivity (Wildman–Crippen MR) is 177 cm³/mol. The maximum atomic E-state index is 6.81. The third-order valence-electron chi connectivity index (χ3n) is 8.03. The first-order valence-corrected chi connectivity index (χ1v) is 14.3. The lowest BCUT2D eigenvalue weighted by atomic mass is 10.0. The maximum Gasteiger partial charge on any atom is 0.159 e. The molecule has 1 aromatic heterocycles. The summed E-state index contributed by atoms with van der Waals surface area (Å²) in [6, 6.07) is 57.9. The molecule has 0 fully saturated rings. The van der Waals surface area contributed by atoms with Crippen LogP contribution in [0, 0.1) is 0 Å². The van der Waals surface area contributed by atoms with Gasteiger partial charge in [-0.25, -0.2) is 0 Å². The Labute approximate surface area is 244 Å². The second kappa shape index (κ2) is 10.1. The first-order chi connectivity index (χ1) is 20.8. The van der Waals surface area contributed by atoms with Gasteiger partial charge in [-0.2, -0.15) is 0 Å². The van der Waals surface area contributed by atoms with Crippen LogP contribution in [-0.4, -0.2) is 0 Å². The van der Waals surface area contributed by atoms with Gasteiger partial charge in [0, 0.05) is 27.5 Å². The molecule has 42 heavy (non-hydrogen) atoms. The van der Waals surface area contributed by atoms with Gasteiger partial charge in [0.25, 0.3) is 0 Å². The number of hydrogen-bond acceptors (Lipinski definition) is 2. The highest BCUT2D eigenvalue weighted by atomic mass is 16.3. The van der Waals surface area contributed by atoms with E-state index in [4.69, 9.17) is 4.42 Å². The SMILES string of the molecule is c1ccc(-c2cccc(N(c3cccc(-c4ccccc4)c3)c3cccc4c3oc3c5ccccc5ccc43)c2)cc1. The number of para-hydroxylation sites is 1. The standard InChI is InChI=1S/C40H27NO/c1-3-12-28(13-4-1)31-17-9-19-33(26-31)41(34-20-10-18-32(27-34)29-14-5-2-6-15-29)38-23-11-22-36-37-25-24-30-16-7-8-21-35(30)39(37)42-40(36)38/h1-27H. The molecule has 0 aliphatic heterocycles. The summed E-state index contributed by atoms with van der Waals surface area (Å²) in [6.45, 7) is 0. The first-order valence-electron chi connectivity index (χ1n) is 14.3. The summed E-state index contributed by atoms with van der Waals surface area (Å²) in [5.41, 5.74) is 9.64. The fourth-order valence-electron chi connectivity index (χ4n) is 6.02. The van der Waals surface area contributed by atoms with Gasteiger partial charge in [-0.1, -0.05) is 127 Å². The second-order valence-electron chi connectivity index (χ2n) is 10.6. The molecule has 0 aliphatic carbocycles. The molecule has 198 valence electrons. The van der Waals surface area contributed by atoms with Crippen molar-refractivity contribution in [2.24, 2.45) is 0 Å². The highest BCUT2D eigenvalue weighted by Crippen LogP contribution is 2.44. The molecule has 0 N–H and O–H groups in total. The number of hydrogen-bond donors (Lipinski definition) is 0. The molecule has 0 aliphatic rings. The minimum absolute atomic E-state index is 0.874. The van der Waals surface area contributed by atoms with Gasteiger partial charge >= 0.3 is 0 Å². The van der Waals surface area contributed by atoms with Crippen molar-refractivity contribution in [2.75, 3.05) is 4.90 Å². The Kier molecular flexibility index (Phi) is 5.82. The van der Waals surface area contributed by atoms with E-state index in [1.165, 1.54) is 27.6 Å². The van der Waals surface area contributed by atoms with Crippen molar-refractivity contribution in [3.8, 4) is 22.3 Å². The van der Waals surface area contributed by atoms with E-state index in [0.717, 1.165) is 44.4 Å². The van der Waals surface area contributed by atoms with E-state index in [1.807, 2.05) is 0 Å². The second-order valence-corrected chi connectivity index (χ2v) is 10.6. The van der Waals surface area contributed by atoms with Gasteiger partial charge in [0.05, 0.1) is 5.69 Å². The molecular formula is C40H27NO. The molecule has 0 spiro atoms. The molecule has 0 saturated carbocycles. The summed E-state index contributed by atoms with van der Waals surface area (Å²) < 4.78 is 6.81. The molecule has 7 aromatic carbocycles. The molecule has 0 amide bonds. The first kappa shape index (κ1) is 24.2. The third-order valence-corrected chi connectivity index (χ3v) is 8.03. The number of furan rings is 1. The van der Waals surface area contributed by atoms with Crippen LogP contribution < -0.4 is 4.90 Å². The Balaban J connectivity index is 1.39. The van der Waals surface area contributed by atoms with E-state index < -0.39 is 0 Å². The lowest BCUT2D eigenvalue weighted by Crippen LogP contribution is -2.10. The zero-order valence-corrected chi connectivity index (χ0v) is 22.9. The van der Waals surface area contributed by atoms with Crippen molar-refractivity contribution >= 4 is 49.8 Å². The molecule has 8 aromatic rings. The van der Waals surface area contributed by atoms with Crippen molar-refractivity contribution < 1.29 is 4.42 Å². The predicted octanol–water partition coefficient (Wildman–Crippen LogP) is 11.5. The average molecular weight is 538 g/mol. The molecule has 0 atom stereocenters. The van der Waals surface area contributed by atoms with Gasteiger partial charge in [0.1, 0.15) is 5.58 Å². The van der Waals surface area contributed by atoms with E-state index in [9.17, 15) is 0 Å². The molecule has 0 saturated heterocycles. The number of nitrogens with zero attached hydrogens (tertiary/aromatic N) is 1. The summed E-state index contributed by atoms with van der Waals surface area (Å²) in [6.07, 6.45) is 0. The van der Waals surface area contributed by atoms with Crippen LogP contribution in [0.5, 0.6) is 0 Å². The topological polar surface area (TPSA) is 16.4 Å². The number of rotatable bonds is 5. The number of fused-ring (bicyclic) bond motifs is 5. The van der Waals surface area contributed by atoms with Gasteiger partial charge in [-0.05, 0) is 64.0 Å². The lowest BCUT2D eigenvalue weighted by molar-refractivity contribution is 0.673. The highest BCUT2D eigenvalue weighted by Gasteiger charge is 2.21. The van der Waals surface area contributed by atoms with Crippen LogP contribution in [0.15, 0.2) is 168 Å². The smallest absolute Gasteiger partial charge is 0.159 e. The van der Waals surface area contributed by atoms with Crippen LogP contribution in [0.2, 0.25) is 0 Å². The van der Waals surface area contributed by atoms with Crippen molar-refractivity contribution in [1.29, 1.82) is 0 Å². The van der Waals surface area contributed by atoms with Crippen LogP contribution in [0.1, 0.15) is 0 Å². The number of benzene rings is 7. The van der Waals surface area contributed by atoms with E-state index >= 15 is 0 Å². The van der Waals surface area contributed by atoms with Gasteiger partial charge in [-0.3, -0.25) is 0 Å². The highest BCUT2D eigenvalue weighted by molar-refractivity contribution is 6.17. The Hall–Kier alpha value is -5.60. The van der Waals surface area contributed by atoms with Gasteiger partial charge in [-0.15, -0.1) is 0 Å². The fraction of sp³-hybridized carbons (Fsp3) is 0. The molecule has 1 heterocycles. The molecule has 2 heteroatoms. The van der Waals surface area contributed by atoms with Gasteiger partial charge in [0.2, 0.25) is 0 Å². The Morgan fingerprint density at radius 3 is 1.55 bits per heavy atom. The summed E-state index contributed by atoms with van der Waals surface area (Å²) in [4.78, 5) is 2.33. The van der Waals surface area contributed by atoms with Crippen molar-refractivity contribution in [3.05, 3.63) is 164 Å². The summed E-state index contributed by atoms with van der Waals surface area (Å²) >= 11 is 0. The van der Waals surface area contributed by atoms with Crippen molar-refractivity contribution in [3.63, 3.8) is 0 Å². The molecule has 8 rings (SSSR count). The van der Waals surface area contributed by atoms with E-state index in [0.29, 0.717) is 0 Å². The Morgan fingerprint density at radius 1 is 0.357 bits per heavy atom. The van der Waals surface area contributed by atoms with Gasteiger partial charge < -0.3 is 9.32 Å². The minimum atomic E-state index is 0.874. The van der Waals surface area contributed by atoms with E-state index in [-0.39, 0.29) is 0 Å². The molecular weight excluding hydrogens is 510 g/mol. The Bertz CT molecular complexity index is 2110. The van der Waals surface area contributed by atoms with E-state index in [1.54, 1.807) is 0 Å². The van der Waals surface area contributed by atoms with E-state index in [2.05, 4.69) is 169 Å². The molecule has 2 nitrogen and oxygen atoms in total. The summed E-state index contributed by atoms with van der Waals surface area (Å²) in [5, 5.41) is 4.53. The van der Waals surface area contributed by atoms with Crippen LogP contribution >= 0.6 is 0 Å².